The second kappa shape index (κ2) is 8.09. The Morgan fingerprint density at radius 1 is 0.821 bits per heavy atom. The Kier molecular flexibility index (Phi) is 5.40. The first-order chi connectivity index (χ1) is 13.4. The molecule has 3 aromatic rings. The molecule has 28 heavy (non-hydrogen) atoms. The smallest absolute Gasteiger partial charge is 0.277 e. The predicted molar refractivity (Wildman–Crippen MR) is 103 cm³/mol. The van der Waals surface area contributed by atoms with Crippen molar-refractivity contribution in [3.05, 3.63) is 110 Å². The molecule has 0 unspecified atom stereocenters. The van der Waals surface area contributed by atoms with Crippen LogP contribution in [0.2, 0.25) is 0 Å². The van der Waals surface area contributed by atoms with Gasteiger partial charge < -0.3 is 5.32 Å². The van der Waals surface area contributed by atoms with Crippen LogP contribution in [0.25, 0.3) is 0 Å². The summed E-state index contributed by atoms with van der Waals surface area (Å²) in [6, 6.07) is 19.7. The maximum atomic E-state index is 12.6. The molecule has 0 spiro atoms. The average Bonchev–Trinajstić information content (AvgIpc) is 2.69. The molecule has 0 saturated carbocycles. The van der Waals surface area contributed by atoms with Crippen molar-refractivity contribution < 1.29 is 14.6 Å². The molecular formula is C20H15N3O5. The highest BCUT2D eigenvalue weighted by Gasteiger charge is 2.20. The van der Waals surface area contributed by atoms with Crippen LogP contribution >= 0.6 is 0 Å². The van der Waals surface area contributed by atoms with Gasteiger partial charge in [-0.05, 0) is 23.6 Å². The molecule has 1 amide bonds. The van der Waals surface area contributed by atoms with Gasteiger partial charge in [0.1, 0.15) is 0 Å². The molecule has 0 aliphatic rings. The van der Waals surface area contributed by atoms with Crippen LogP contribution in [0.5, 0.6) is 0 Å². The van der Waals surface area contributed by atoms with E-state index in [9.17, 15) is 25.0 Å². The minimum absolute atomic E-state index is 0.157. The van der Waals surface area contributed by atoms with E-state index in [1.807, 2.05) is 42.5 Å². The first kappa shape index (κ1) is 18.7. The van der Waals surface area contributed by atoms with E-state index in [1.54, 1.807) is 12.1 Å². The molecule has 0 bridgehead atoms. The summed E-state index contributed by atoms with van der Waals surface area (Å²) in [6.45, 7) is 0. The van der Waals surface area contributed by atoms with Crippen LogP contribution in [0.1, 0.15) is 21.5 Å². The van der Waals surface area contributed by atoms with E-state index in [-0.39, 0.29) is 5.56 Å². The second-order valence-electron chi connectivity index (χ2n) is 6.03. The lowest BCUT2D eigenvalue weighted by atomic mass is 10.0. The van der Waals surface area contributed by atoms with Crippen molar-refractivity contribution >= 4 is 23.0 Å². The molecule has 0 fully saturated rings. The quantitative estimate of drug-likeness (QED) is 0.506. The van der Waals surface area contributed by atoms with E-state index < -0.39 is 27.1 Å². The van der Waals surface area contributed by atoms with Crippen LogP contribution in [-0.4, -0.2) is 15.8 Å². The molecule has 8 nitrogen and oxygen atoms in total. The van der Waals surface area contributed by atoms with Gasteiger partial charge in [0.15, 0.2) is 0 Å². The Hall–Kier alpha value is -4.07. The van der Waals surface area contributed by atoms with Crippen LogP contribution < -0.4 is 5.32 Å². The van der Waals surface area contributed by atoms with Crippen molar-refractivity contribution in [3.63, 3.8) is 0 Å². The lowest BCUT2D eigenvalue weighted by Gasteiger charge is -2.11. The van der Waals surface area contributed by atoms with Crippen molar-refractivity contribution in [2.24, 2.45) is 0 Å². The topological polar surface area (TPSA) is 115 Å². The van der Waals surface area contributed by atoms with E-state index in [1.165, 1.54) is 0 Å². The Bertz CT molecular complexity index is 1020. The normalized spacial score (nSPS) is 10.3. The number of hydrogen-bond donors (Lipinski definition) is 1. The average molecular weight is 377 g/mol. The first-order valence-electron chi connectivity index (χ1n) is 8.31. The number of para-hydroxylation sites is 1. The monoisotopic (exact) mass is 377 g/mol. The summed E-state index contributed by atoms with van der Waals surface area (Å²) in [4.78, 5) is 33.1. The molecule has 1 N–H and O–H groups in total. The van der Waals surface area contributed by atoms with Crippen LogP contribution in [0.3, 0.4) is 0 Å². The fourth-order valence-corrected chi connectivity index (χ4v) is 2.74. The molecule has 8 heteroatoms. The third-order valence-corrected chi connectivity index (χ3v) is 4.09. The zero-order valence-corrected chi connectivity index (χ0v) is 14.6. The molecule has 0 aromatic heterocycles. The number of nitro benzene ring substituents is 2. The van der Waals surface area contributed by atoms with Crippen LogP contribution in [0.15, 0.2) is 72.8 Å². The standard InChI is InChI=1S/C20H15N3O5/c24-20(16-11-17(22(25)26)13-18(12-16)23(27)28)21-19-9-5-4-8-15(19)10-14-6-2-1-3-7-14/h1-9,11-13H,10H2,(H,21,24). The molecule has 3 rings (SSSR count). The molecule has 0 aliphatic heterocycles. The van der Waals surface area contributed by atoms with Crippen molar-refractivity contribution in [2.75, 3.05) is 5.32 Å². The number of carbonyl (C=O) groups excluding carboxylic acids is 1. The molecule has 0 atom stereocenters. The number of nitro groups is 2. The number of nitrogens with one attached hydrogen (secondary N) is 1. The van der Waals surface area contributed by atoms with Gasteiger partial charge in [0.25, 0.3) is 17.3 Å². The molecule has 3 aromatic carbocycles. The van der Waals surface area contributed by atoms with Crippen molar-refractivity contribution in [3.8, 4) is 0 Å². The van der Waals surface area contributed by atoms with Gasteiger partial charge in [-0.3, -0.25) is 25.0 Å². The number of benzene rings is 3. The maximum Gasteiger partial charge on any atom is 0.277 e. The van der Waals surface area contributed by atoms with Gasteiger partial charge in [-0.2, -0.15) is 0 Å². The molecule has 0 aliphatic carbocycles. The van der Waals surface area contributed by atoms with Gasteiger partial charge in [-0.15, -0.1) is 0 Å². The maximum absolute atomic E-state index is 12.6. The highest BCUT2D eigenvalue weighted by atomic mass is 16.6. The third-order valence-electron chi connectivity index (χ3n) is 4.09. The van der Waals surface area contributed by atoms with Gasteiger partial charge in [0.05, 0.1) is 21.5 Å². The number of amides is 1. The predicted octanol–water partition coefficient (Wildman–Crippen LogP) is 4.35. The van der Waals surface area contributed by atoms with E-state index in [0.717, 1.165) is 29.3 Å². The van der Waals surface area contributed by atoms with E-state index >= 15 is 0 Å². The number of hydrogen-bond acceptors (Lipinski definition) is 5. The zero-order chi connectivity index (χ0) is 20.1. The summed E-state index contributed by atoms with van der Waals surface area (Å²) in [5.74, 6) is -0.660. The first-order valence-corrected chi connectivity index (χ1v) is 8.31. The lowest BCUT2D eigenvalue weighted by molar-refractivity contribution is -0.394. The highest BCUT2D eigenvalue weighted by Crippen LogP contribution is 2.25. The Balaban J connectivity index is 1.90. The number of rotatable bonds is 6. The minimum atomic E-state index is -0.771. The van der Waals surface area contributed by atoms with Crippen LogP contribution in [-0.2, 0) is 6.42 Å². The fraction of sp³-hybridized carbons (Fsp3) is 0.0500. The highest BCUT2D eigenvalue weighted by molar-refractivity contribution is 6.05. The minimum Gasteiger partial charge on any atom is -0.322 e. The number of carbonyl (C=O) groups is 1. The fourth-order valence-electron chi connectivity index (χ4n) is 2.74. The van der Waals surface area contributed by atoms with Crippen LogP contribution in [0, 0.1) is 20.2 Å². The van der Waals surface area contributed by atoms with Crippen molar-refractivity contribution in [2.45, 2.75) is 6.42 Å². The van der Waals surface area contributed by atoms with Gasteiger partial charge in [0.2, 0.25) is 0 Å². The summed E-state index contributed by atoms with van der Waals surface area (Å²) in [5.41, 5.74) is 1.24. The summed E-state index contributed by atoms with van der Waals surface area (Å²) in [6.07, 6.45) is 0.576. The van der Waals surface area contributed by atoms with Crippen LogP contribution in [0.4, 0.5) is 17.1 Å². The van der Waals surface area contributed by atoms with Gasteiger partial charge >= 0.3 is 0 Å². The second-order valence-corrected chi connectivity index (χ2v) is 6.03. The molecular weight excluding hydrogens is 362 g/mol. The third kappa shape index (κ3) is 4.36. The largest absolute Gasteiger partial charge is 0.322 e. The Morgan fingerprint density at radius 3 is 2.00 bits per heavy atom. The van der Waals surface area contributed by atoms with Crippen molar-refractivity contribution in [1.29, 1.82) is 0 Å². The van der Waals surface area contributed by atoms with E-state index in [2.05, 4.69) is 5.32 Å². The Labute approximate surface area is 159 Å². The summed E-state index contributed by atoms with van der Waals surface area (Å²) in [7, 11) is 0. The number of nitrogens with zero attached hydrogens (tertiary/aromatic N) is 2. The molecule has 140 valence electrons. The molecule has 0 radical (unpaired) electrons. The molecule has 0 heterocycles. The van der Waals surface area contributed by atoms with E-state index in [0.29, 0.717) is 12.1 Å². The lowest BCUT2D eigenvalue weighted by Crippen LogP contribution is -2.14. The number of non-ortho nitro benzene ring substituents is 2. The van der Waals surface area contributed by atoms with Crippen molar-refractivity contribution in [1.82, 2.24) is 0 Å². The zero-order valence-electron chi connectivity index (χ0n) is 14.6. The summed E-state index contributed by atoms with van der Waals surface area (Å²) < 4.78 is 0. The number of anilines is 1. The summed E-state index contributed by atoms with van der Waals surface area (Å²) in [5, 5.41) is 24.7. The van der Waals surface area contributed by atoms with E-state index in [4.69, 9.17) is 0 Å². The summed E-state index contributed by atoms with van der Waals surface area (Å²) >= 11 is 0. The van der Waals surface area contributed by atoms with Gasteiger partial charge in [0, 0.05) is 17.8 Å². The Morgan fingerprint density at radius 2 is 1.39 bits per heavy atom. The van der Waals surface area contributed by atoms with Gasteiger partial charge in [-0.1, -0.05) is 48.5 Å². The molecule has 0 saturated heterocycles. The SMILES string of the molecule is O=C(Nc1ccccc1Cc1ccccc1)c1cc([N+](=O)[O-])cc([N+](=O)[O-])c1. The van der Waals surface area contributed by atoms with Gasteiger partial charge in [-0.25, -0.2) is 0 Å².